The van der Waals surface area contributed by atoms with Gasteiger partial charge in [0.05, 0.1) is 132 Å². The first-order chi connectivity index (χ1) is 63.6. The van der Waals surface area contributed by atoms with Crippen molar-refractivity contribution < 1.29 is 151 Å². The first-order valence-corrected chi connectivity index (χ1v) is 46.5. The number of furan rings is 4. The van der Waals surface area contributed by atoms with E-state index in [1.165, 1.54) is 66.0 Å². The van der Waals surface area contributed by atoms with Crippen molar-refractivity contribution in [3.8, 4) is 0 Å². The molecular weight excluding hydrogens is 1740 g/mol. The lowest BCUT2D eigenvalue weighted by molar-refractivity contribution is -0.212. The number of carbonyl (C=O) groups excluding carboxylic acids is 16. The minimum atomic E-state index is -1.17. The lowest BCUT2D eigenvalue weighted by atomic mass is 9.43. The Labute approximate surface area is 776 Å². The number of fused-ring (bicyclic) bond motifs is 12. The Hall–Kier alpha value is -11.5. The van der Waals surface area contributed by atoms with Crippen LogP contribution in [0.5, 0.6) is 0 Å². The Morgan fingerprint density at radius 2 is 0.590 bits per heavy atom. The van der Waals surface area contributed by atoms with Crippen LogP contribution < -0.4 is 5.73 Å². The second-order valence-electron chi connectivity index (χ2n) is 40.8. The number of hydrogen-bond donors (Lipinski definition) is 1. The standard InChI is InChI=1S/C29H32O8.2C25H32O8.C22H27NO8/c1-28-11-9-19-27(33)37-22(18-10-12-35-16-18)15-29(19,2)25(28)24(31)21(14-20(28)26(32)34-3)36-23(30)13-17-7-5-4-6-8-17;2*1-5-6-19(26)32-17-11-16(22(28)30-4)24(2)9-7-15-23(29)33-18(14-8-10-31-13-14)12-25(15,3)21(24)20(17)27;1-21-6-4-12-19(26)30-15(11-5-7-29-10-11)9-22(12,2)17(21)16(24)14(31-20(23)27)8-13(21)18(25)28-3/h4-8,10,12,16,19-22,25H,9,11,13-15H2,1-3H3;2*8,10,13,15-18,21H,5-7,9,11-12H2,1-4H3;5,7,10,12-15,17H,4,6,8-9H2,1-3H3,(H2,23,27)/t19-,20-,21-,22-,25?,28-,29-;15-,16-,17+,18-,21?,24-,25-;15-,16-,17-,18-,21?,24-,25-;12-,13-,14+,15-,17?,21-,22-/m0000/s1. The molecule has 12 fully saturated rings. The van der Waals surface area contributed by atoms with E-state index < -0.39 is 211 Å². The first-order valence-electron chi connectivity index (χ1n) is 46.5. The Balaban J connectivity index is 0.000000144. The largest absolute Gasteiger partial charge is 0.472 e. The van der Waals surface area contributed by atoms with Gasteiger partial charge in [-0.05, 0) is 163 Å². The highest BCUT2D eigenvalue weighted by atomic mass is 16.6. The van der Waals surface area contributed by atoms with Crippen LogP contribution in [0.1, 0.15) is 250 Å². The molecule has 4 saturated heterocycles. The summed E-state index contributed by atoms with van der Waals surface area (Å²) in [6.07, 6.45) is 12.0. The fraction of sp³-hybridized carbons (Fsp3) is 0.624. The van der Waals surface area contributed by atoms with Gasteiger partial charge >= 0.3 is 71.8 Å². The number of benzene rings is 1. The van der Waals surface area contributed by atoms with Crippen molar-refractivity contribution in [1.82, 2.24) is 0 Å². The zero-order valence-corrected chi connectivity index (χ0v) is 78.4. The number of nitrogens with two attached hydrogens (primary N) is 1. The van der Waals surface area contributed by atoms with E-state index in [-0.39, 0.29) is 92.0 Å². The molecule has 4 aliphatic heterocycles. The quantitative estimate of drug-likeness (QED) is 0.0629. The van der Waals surface area contributed by atoms with Gasteiger partial charge in [-0.15, -0.1) is 0 Å². The zero-order valence-electron chi connectivity index (χ0n) is 78.4. The first kappa shape index (κ1) is 98.5. The molecule has 0 radical (unpaired) electrons. The molecule has 4 unspecified atom stereocenters. The molecule has 8 saturated carbocycles. The predicted octanol–water partition coefficient (Wildman–Crippen LogP) is 14.3. The van der Waals surface area contributed by atoms with Crippen LogP contribution in [-0.4, -0.2) is 148 Å². The molecule has 724 valence electrons. The Bertz CT molecular complexity index is 5100. The zero-order chi connectivity index (χ0) is 96.9. The van der Waals surface area contributed by atoms with E-state index in [0.29, 0.717) is 95.5 Å². The fourth-order valence-corrected chi connectivity index (χ4v) is 27.0. The molecule has 0 bridgehead atoms. The molecular formula is C101H123NO32. The fourth-order valence-electron chi connectivity index (χ4n) is 27.0. The summed E-state index contributed by atoms with van der Waals surface area (Å²) >= 11 is 0. The number of hydrogen-bond acceptors (Lipinski definition) is 32. The van der Waals surface area contributed by atoms with Crippen LogP contribution in [0, 0.1) is 114 Å². The van der Waals surface area contributed by atoms with Crippen LogP contribution in [0.4, 0.5) is 4.79 Å². The second kappa shape index (κ2) is 38.7. The molecule has 12 aliphatic rings. The molecule has 1 amide bonds. The summed E-state index contributed by atoms with van der Waals surface area (Å²) in [6, 6.07) is 16.1. The van der Waals surface area contributed by atoms with Crippen LogP contribution in [-0.2, 0) is 135 Å². The average Bonchev–Trinajstić information content (AvgIpc) is 0.852. The minimum Gasteiger partial charge on any atom is -0.472 e. The number of cyclic esters (lactones) is 4. The highest BCUT2D eigenvalue weighted by Crippen LogP contribution is 2.71. The molecule has 4 aromatic heterocycles. The third-order valence-electron chi connectivity index (χ3n) is 33.2. The van der Waals surface area contributed by atoms with Crippen molar-refractivity contribution in [3.63, 3.8) is 0 Å². The third kappa shape index (κ3) is 17.8. The van der Waals surface area contributed by atoms with Gasteiger partial charge in [0.25, 0.3) is 0 Å². The summed E-state index contributed by atoms with van der Waals surface area (Å²) < 4.78 is 86.2. The van der Waals surface area contributed by atoms with E-state index in [1.807, 2.05) is 99.6 Å². The number of ketones is 4. The number of esters is 11. The van der Waals surface area contributed by atoms with Crippen LogP contribution in [0.15, 0.2) is 122 Å². The van der Waals surface area contributed by atoms with Crippen molar-refractivity contribution in [2.75, 3.05) is 28.4 Å². The SMILES string of the molecule is CCCC(=O)O[C@@H]1C[C@@H](C(=O)OC)[C@]2(C)CC[C@H]3C(=O)O[C@H](c4ccoc4)C[C@]3(C)C2C1=O.CCCC(=O)O[C@H]1C[C@@H](C(=O)OC)[C@]2(C)CC[C@H]3C(=O)O[C@H](c4ccoc4)C[C@]3(C)C2C1=O.COC(=O)[C@@H]1C[C@@H](OC(N)=O)C(=O)C2[C@@]1(C)CC[C@H]1C(=O)O[C@H](c3ccoc3)C[C@]21C.COC(=O)[C@@H]1C[C@H](OC(=O)Cc2ccccc2)C(=O)C2[C@@]1(C)CC[C@H]1C(=O)O[C@H](c3ccoc3)C[C@]21C. The van der Waals surface area contributed by atoms with Gasteiger partial charge in [0, 0.05) is 84.5 Å². The molecule has 28 atom stereocenters. The maximum Gasteiger partial charge on any atom is 0.405 e. The van der Waals surface area contributed by atoms with Gasteiger partial charge in [-0.1, -0.05) is 99.6 Å². The predicted molar refractivity (Wildman–Crippen MR) is 463 cm³/mol. The molecule has 134 heavy (non-hydrogen) atoms. The van der Waals surface area contributed by atoms with E-state index >= 15 is 0 Å². The summed E-state index contributed by atoms with van der Waals surface area (Å²) in [5.41, 5.74) is 2.74. The van der Waals surface area contributed by atoms with Gasteiger partial charge < -0.3 is 80.2 Å². The van der Waals surface area contributed by atoms with Crippen molar-refractivity contribution in [3.05, 3.63) is 133 Å². The van der Waals surface area contributed by atoms with Crippen LogP contribution in [0.25, 0.3) is 0 Å². The molecule has 1 aromatic carbocycles. The van der Waals surface area contributed by atoms with E-state index in [1.54, 1.807) is 36.8 Å². The van der Waals surface area contributed by atoms with E-state index in [2.05, 4.69) is 0 Å². The van der Waals surface area contributed by atoms with Crippen LogP contribution in [0.2, 0.25) is 0 Å². The normalized spacial score (nSPS) is 37.6. The molecule has 33 nitrogen and oxygen atoms in total. The number of carbonyl (C=O) groups is 16. The summed E-state index contributed by atoms with van der Waals surface area (Å²) in [4.78, 5) is 209. The second-order valence-corrected chi connectivity index (χ2v) is 40.8. The summed E-state index contributed by atoms with van der Waals surface area (Å²) in [6.45, 7) is 19.1. The molecule has 8 aliphatic carbocycles. The Kier molecular flexibility index (Phi) is 28.4. The van der Waals surface area contributed by atoms with E-state index in [0.717, 1.165) is 22.3 Å². The minimum absolute atomic E-state index is 0.0117. The number of methoxy groups -OCH3 is 4. The summed E-state index contributed by atoms with van der Waals surface area (Å²) in [7, 11) is 5.28. The average molecular weight is 1860 g/mol. The maximum absolute atomic E-state index is 14.2. The number of ether oxygens (including phenoxy) is 12. The number of primary amides is 1. The lowest BCUT2D eigenvalue weighted by Crippen LogP contribution is -2.65. The Morgan fingerprint density at radius 1 is 0.343 bits per heavy atom. The van der Waals surface area contributed by atoms with Gasteiger partial charge in [0.2, 0.25) is 0 Å². The maximum atomic E-state index is 14.2. The molecule has 5 aromatic rings. The van der Waals surface area contributed by atoms with Gasteiger partial charge in [0.15, 0.2) is 47.5 Å². The molecule has 0 spiro atoms. The van der Waals surface area contributed by atoms with E-state index in [9.17, 15) is 76.7 Å². The Morgan fingerprint density at radius 3 is 0.813 bits per heavy atom. The molecule has 2 N–H and O–H groups in total. The topological polar surface area (TPSA) is 462 Å². The smallest absolute Gasteiger partial charge is 0.405 e. The van der Waals surface area contributed by atoms with Crippen LogP contribution in [0.3, 0.4) is 0 Å². The number of Topliss-reactive ketones (excluding diaryl/α,β-unsaturated/α-hetero) is 4. The van der Waals surface area contributed by atoms with Gasteiger partial charge in [-0.3, -0.25) is 71.9 Å². The highest BCUT2D eigenvalue weighted by Gasteiger charge is 2.73. The van der Waals surface area contributed by atoms with Crippen molar-refractivity contribution >= 4 is 94.9 Å². The van der Waals surface area contributed by atoms with E-state index in [4.69, 9.17) is 80.2 Å². The van der Waals surface area contributed by atoms with Crippen molar-refractivity contribution in [1.29, 1.82) is 0 Å². The summed E-state index contributed by atoms with van der Waals surface area (Å²) in [5.74, 6) is -12.9. The molecule has 8 heterocycles. The lowest BCUT2D eigenvalue weighted by Gasteiger charge is -2.61. The highest BCUT2D eigenvalue weighted by molar-refractivity contribution is 5.97. The van der Waals surface area contributed by atoms with Gasteiger partial charge in [0.1, 0.15) is 24.4 Å². The van der Waals surface area contributed by atoms with Gasteiger partial charge in [-0.25, -0.2) is 4.79 Å². The van der Waals surface area contributed by atoms with Crippen LogP contribution >= 0.6 is 0 Å². The third-order valence-corrected chi connectivity index (χ3v) is 33.2. The molecule has 33 heteroatoms. The van der Waals surface area contributed by atoms with Crippen molar-refractivity contribution in [2.45, 2.75) is 253 Å². The monoisotopic (exact) mass is 1860 g/mol. The summed E-state index contributed by atoms with van der Waals surface area (Å²) in [5, 5.41) is 0. The number of rotatable bonds is 18. The number of amides is 1. The van der Waals surface area contributed by atoms with Crippen molar-refractivity contribution in [2.24, 2.45) is 120 Å². The molecule has 17 rings (SSSR count). The van der Waals surface area contributed by atoms with Gasteiger partial charge in [-0.2, -0.15) is 0 Å².